The Hall–Kier alpha value is -1.73. The highest BCUT2D eigenvalue weighted by Crippen LogP contribution is 2.48. The first-order chi connectivity index (χ1) is 11.0. The number of halogens is 1. The minimum atomic E-state index is -0.893. The number of carbonyl (C=O) groups excluding carboxylic acids is 1. The maximum atomic E-state index is 12.6. The number of nitrogens with one attached hydrogen (secondary N) is 1. The number of anilines is 1. The number of aliphatic carboxylic acids is 1. The van der Waals surface area contributed by atoms with Gasteiger partial charge in [0.05, 0.1) is 22.1 Å². The summed E-state index contributed by atoms with van der Waals surface area (Å²) in [4.78, 5) is 28.5. The van der Waals surface area contributed by atoms with Gasteiger partial charge < -0.3 is 10.4 Å². The molecule has 4 rings (SSSR count). The van der Waals surface area contributed by atoms with E-state index in [-0.39, 0.29) is 17.7 Å². The number of benzene rings is 1. The van der Waals surface area contributed by atoms with Crippen LogP contribution in [0.3, 0.4) is 0 Å². The number of amides is 1. The van der Waals surface area contributed by atoms with Crippen LogP contribution < -0.4 is 5.32 Å². The standard InChI is InChI=1S/C16H13BrN2O3S/c17-9-3-4-11-10(6-9)18-16(23-11)19-14(20)12-7-1-2-8(5-7)13(12)15(21)22/h1-4,6-8,12-13H,5H2,(H,21,22)(H,18,19,20). The fraction of sp³-hybridized carbons (Fsp3) is 0.312. The molecule has 118 valence electrons. The Balaban J connectivity index is 1.59. The van der Waals surface area contributed by atoms with E-state index in [0.717, 1.165) is 21.1 Å². The number of carboxylic acid groups (broad SMARTS) is 1. The summed E-state index contributed by atoms with van der Waals surface area (Å²) in [6.45, 7) is 0. The molecule has 5 nitrogen and oxygen atoms in total. The van der Waals surface area contributed by atoms with Gasteiger partial charge in [-0.05, 0) is 36.5 Å². The summed E-state index contributed by atoms with van der Waals surface area (Å²) in [6, 6.07) is 5.75. The second-order valence-corrected chi connectivity index (χ2v) is 7.90. The lowest BCUT2D eigenvalue weighted by Gasteiger charge is -2.23. The van der Waals surface area contributed by atoms with Crippen LogP contribution in [-0.2, 0) is 9.59 Å². The van der Waals surface area contributed by atoms with Crippen molar-refractivity contribution in [3.05, 3.63) is 34.8 Å². The van der Waals surface area contributed by atoms with Crippen molar-refractivity contribution in [1.29, 1.82) is 0 Å². The van der Waals surface area contributed by atoms with Crippen LogP contribution in [0.5, 0.6) is 0 Å². The second kappa shape index (κ2) is 5.42. The molecule has 2 N–H and O–H groups in total. The number of hydrogen-bond donors (Lipinski definition) is 2. The molecule has 1 amide bonds. The first-order valence-electron chi connectivity index (χ1n) is 7.31. The molecule has 7 heteroatoms. The van der Waals surface area contributed by atoms with Crippen LogP contribution in [0.15, 0.2) is 34.8 Å². The summed E-state index contributed by atoms with van der Waals surface area (Å²) in [5, 5.41) is 12.8. The van der Waals surface area contributed by atoms with Gasteiger partial charge in [0.2, 0.25) is 5.91 Å². The highest BCUT2D eigenvalue weighted by Gasteiger charge is 2.51. The average molecular weight is 393 g/mol. The maximum Gasteiger partial charge on any atom is 0.307 e. The van der Waals surface area contributed by atoms with Gasteiger partial charge in [-0.1, -0.05) is 39.4 Å². The molecule has 1 aromatic heterocycles. The van der Waals surface area contributed by atoms with E-state index in [4.69, 9.17) is 0 Å². The number of aromatic nitrogens is 1. The first-order valence-corrected chi connectivity index (χ1v) is 8.92. The normalized spacial score (nSPS) is 28.4. The summed E-state index contributed by atoms with van der Waals surface area (Å²) in [5.41, 5.74) is 0.808. The molecule has 2 bridgehead atoms. The van der Waals surface area contributed by atoms with Crippen molar-refractivity contribution >= 4 is 54.5 Å². The largest absolute Gasteiger partial charge is 0.481 e. The molecule has 4 atom stereocenters. The van der Waals surface area contributed by atoms with Gasteiger partial charge in [-0.25, -0.2) is 4.98 Å². The zero-order valence-corrected chi connectivity index (χ0v) is 14.3. The van der Waals surface area contributed by atoms with E-state index in [1.54, 1.807) is 0 Å². The molecule has 2 aromatic rings. The number of thiazole rings is 1. The van der Waals surface area contributed by atoms with Crippen molar-refractivity contribution < 1.29 is 14.7 Å². The van der Waals surface area contributed by atoms with E-state index in [1.807, 2.05) is 30.4 Å². The highest BCUT2D eigenvalue weighted by atomic mass is 79.9. The van der Waals surface area contributed by atoms with Crippen LogP contribution >= 0.6 is 27.3 Å². The van der Waals surface area contributed by atoms with Gasteiger partial charge in [0.15, 0.2) is 5.13 Å². The molecule has 1 fully saturated rings. The zero-order valence-electron chi connectivity index (χ0n) is 11.9. The summed E-state index contributed by atoms with van der Waals surface area (Å²) in [5.74, 6) is -2.29. The topological polar surface area (TPSA) is 79.3 Å². The molecule has 4 unspecified atom stereocenters. The Kier molecular flexibility index (Phi) is 3.50. The maximum absolute atomic E-state index is 12.6. The van der Waals surface area contributed by atoms with Gasteiger partial charge in [0.25, 0.3) is 0 Å². The van der Waals surface area contributed by atoms with Gasteiger partial charge in [0, 0.05) is 4.47 Å². The smallest absolute Gasteiger partial charge is 0.307 e. The Bertz CT molecular complexity index is 847. The Morgan fingerprint density at radius 1 is 1.26 bits per heavy atom. The number of hydrogen-bond acceptors (Lipinski definition) is 4. The number of rotatable bonds is 3. The molecule has 0 spiro atoms. The molecule has 23 heavy (non-hydrogen) atoms. The molecular weight excluding hydrogens is 380 g/mol. The number of carboxylic acids is 1. The fourth-order valence-electron chi connectivity index (χ4n) is 3.66. The summed E-state index contributed by atoms with van der Waals surface area (Å²) in [6.07, 6.45) is 4.66. The first kappa shape index (κ1) is 14.8. The summed E-state index contributed by atoms with van der Waals surface area (Å²) in [7, 11) is 0. The Labute approximate surface area is 144 Å². The molecular formula is C16H13BrN2O3S. The monoisotopic (exact) mass is 392 g/mol. The van der Waals surface area contributed by atoms with Crippen LogP contribution in [0.4, 0.5) is 5.13 Å². The predicted octanol–water partition coefficient (Wildman–Crippen LogP) is 3.52. The third-order valence-corrected chi connectivity index (χ3v) is 6.07. The number of nitrogens with zero attached hydrogens (tertiary/aromatic N) is 1. The number of fused-ring (bicyclic) bond motifs is 3. The van der Waals surface area contributed by atoms with Crippen molar-refractivity contribution in [2.45, 2.75) is 6.42 Å². The van der Waals surface area contributed by atoms with Crippen molar-refractivity contribution in [3.63, 3.8) is 0 Å². The van der Waals surface area contributed by atoms with Crippen LogP contribution in [0, 0.1) is 23.7 Å². The quantitative estimate of drug-likeness (QED) is 0.783. The zero-order chi connectivity index (χ0) is 16.1. The molecule has 0 saturated heterocycles. The molecule has 0 aliphatic heterocycles. The van der Waals surface area contributed by atoms with Gasteiger partial charge in [0.1, 0.15) is 0 Å². The SMILES string of the molecule is O=C(O)C1C2C=CC(C2)C1C(=O)Nc1nc2cc(Br)ccc2s1. The van der Waals surface area contributed by atoms with Gasteiger partial charge in [-0.15, -0.1) is 0 Å². The fourth-order valence-corrected chi connectivity index (χ4v) is 4.86. The van der Waals surface area contributed by atoms with E-state index in [9.17, 15) is 14.7 Å². The molecule has 2 aliphatic rings. The van der Waals surface area contributed by atoms with Gasteiger partial charge in [-0.3, -0.25) is 9.59 Å². The minimum absolute atomic E-state index is 0.0182. The number of carbonyl (C=O) groups is 2. The average Bonchev–Trinajstić information content (AvgIpc) is 3.18. The summed E-state index contributed by atoms with van der Waals surface area (Å²) >= 11 is 4.79. The van der Waals surface area contributed by atoms with Crippen LogP contribution in [0.1, 0.15) is 6.42 Å². The van der Waals surface area contributed by atoms with Crippen molar-refractivity contribution in [1.82, 2.24) is 4.98 Å². The van der Waals surface area contributed by atoms with Gasteiger partial charge in [-0.2, -0.15) is 0 Å². The van der Waals surface area contributed by atoms with E-state index in [2.05, 4.69) is 26.2 Å². The predicted molar refractivity (Wildman–Crippen MR) is 91.3 cm³/mol. The van der Waals surface area contributed by atoms with Crippen molar-refractivity contribution in [2.75, 3.05) is 5.32 Å². The second-order valence-electron chi connectivity index (χ2n) is 5.96. The third kappa shape index (κ3) is 2.48. The third-order valence-electron chi connectivity index (χ3n) is 4.63. The minimum Gasteiger partial charge on any atom is -0.481 e. The molecule has 1 heterocycles. The highest BCUT2D eigenvalue weighted by molar-refractivity contribution is 9.10. The lowest BCUT2D eigenvalue weighted by atomic mass is 9.82. The number of allylic oxidation sites excluding steroid dienone is 2. The Morgan fingerprint density at radius 3 is 2.74 bits per heavy atom. The van der Waals surface area contributed by atoms with Crippen molar-refractivity contribution in [3.8, 4) is 0 Å². The van der Waals surface area contributed by atoms with Crippen molar-refractivity contribution in [2.24, 2.45) is 23.7 Å². The Morgan fingerprint density at radius 2 is 2.00 bits per heavy atom. The van der Waals surface area contributed by atoms with Crippen LogP contribution in [0.2, 0.25) is 0 Å². The molecule has 1 aromatic carbocycles. The van der Waals surface area contributed by atoms with E-state index >= 15 is 0 Å². The molecule has 1 saturated carbocycles. The van der Waals surface area contributed by atoms with Crippen LogP contribution in [0.25, 0.3) is 10.2 Å². The van der Waals surface area contributed by atoms with E-state index in [0.29, 0.717) is 5.13 Å². The molecule has 0 radical (unpaired) electrons. The lowest BCUT2D eigenvalue weighted by molar-refractivity contribution is -0.146. The van der Waals surface area contributed by atoms with E-state index in [1.165, 1.54) is 11.3 Å². The van der Waals surface area contributed by atoms with E-state index < -0.39 is 17.8 Å². The van der Waals surface area contributed by atoms with Gasteiger partial charge >= 0.3 is 5.97 Å². The van der Waals surface area contributed by atoms with Crippen LogP contribution in [-0.4, -0.2) is 22.0 Å². The lowest BCUT2D eigenvalue weighted by Crippen LogP contribution is -2.36. The molecule has 2 aliphatic carbocycles. The summed E-state index contributed by atoms with van der Waals surface area (Å²) < 4.78 is 1.91.